The van der Waals surface area contributed by atoms with Crippen molar-refractivity contribution >= 4 is 5.91 Å². The molecule has 0 aromatic carbocycles. The molecule has 1 amide bonds. The Balaban J connectivity index is 1.52. The minimum atomic E-state index is -0.658. The predicted octanol–water partition coefficient (Wildman–Crippen LogP) is 0.953. The third-order valence-electron chi connectivity index (χ3n) is 4.24. The second kappa shape index (κ2) is 7.71. The number of hydrogen-bond donors (Lipinski definition) is 2. The minimum absolute atomic E-state index is 0.218. The second-order valence-electron chi connectivity index (χ2n) is 6.59. The largest absolute Gasteiger partial charge is 0.390 e. The summed E-state index contributed by atoms with van der Waals surface area (Å²) in [6, 6.07) is 4.88. The van der Waals surface area contributed by atoms with E-state index >= 15 is 0 Å². The SMILES string of the molecule is CC(C)c1noc(CN2CC[C@H](NC(=O)c3ccccn3)[C@@H](O)C2)n1. The molecule has 0 bridgehead atoms. The van der Waals surface area contributed by atoms with Gasteiger partial charge in [0.25, 0.3) is 5.91 Å². The fourth-order valence-corrected chi connectivity index (χ4v) is 2.81. The average Bonchev–Trinajstić information content (AvgIpc) is 3.07. The molecule has 0 radical (unpaired) electrons. The summed E-state index contributed by atoms with van der Waals surface area (Å²) in [4.78, 5) is 22.6. The van der Waals surface area contributed by atoms with Crippen molar-refractivity contribution in [2.24, 2.45) is 0 Å². The molecule has 1 aliphatic heterocycles. The Morgan fingerprint density at radius 3 is 2.96 bits per heavy atom. The van der Waals surface area contributed by atoms with E-state index in [0.717, 1.165) is 6.54 Å². The summed E-state index contributed by atoms with van der Waals surface area (Å²) >= 11 is 0. The van der Waals surface area contributed by atoms with Crippen LogP contribution < -0.4 is 5.32 Å². The van der Waals surface area contributed by atoms with Crippen molar-refractivity contribution in [2.45, 2.75) is 44.9 Å². The molecule has 0 aliphatic carbocycles. The van der Waals surface area contributed by atoms with Gasteiger partial charge in [-0.05, 0) is 18.6 Å². The van der Waals surface area contributed by atoms with E-state index in [4.69, 9.17) is 4.52 Å². The van der Waals surface area contributed by atoms with Crippen molar-refractivity contribution in [2.75, 3.05) is 13.1 Å². The molecule has 3 heterocycles. The van der Waals surface area contributed by atoms with E-state index in [1.807, 2.05) is 18.7 Å². The van der Waals surface area contributed by atoms with Gasteiger partial charge in [0, 0.05) is 25.2 Å². The quantitative estimate of drug-likeness (QED) is 0.831. The first-order valence-electron chi connectivity index (χ1n) is 8.47. The van der Waals surface area contributed by atoms with Gasteiger partial charge >= 0.3 is 0 Å². The topological polar surface area (TPSA) is 104 Å². The molecule has 0 unspecified atom stereocenters. The molecule has 1 saturated heterocycles. The first-order chi connectivity index (χ1) is 12.0. The zero-order chi connectivity index (χ0) is 17.8. The summed E-state index contributed by atoms with van der Waals surface area (Å²) < 4.78 is 5.25. The zero-order valence-corrected chi connectivity index (χ0v) is 14.4. The summed E-state index contributed by atoms with van der Waals surface area (Å²) in [6.45, 7) is 5.68. The fraction of sp³-hybridized carbons (Fsp3) is 0.529. The Hall–Kier alpha value is -2.32. The fourth-order valence-electron chi connectivity index (χ4n) is 2.81. The molecule has 0 saturated carbocycles. The third kappa shape index (κ3) is 4.40. The van der Waals surface area contributed by atoms with Crippen molar-refractivity contribution in [3.05, 3.63) is 41.8 Å². The van der Waals surface area contributed by atoms with Crippen LogP contribution in [0.3, 0.4) is 0 Å². The highest BCUT2D eigenvalue weighted by Gasteiger charge is 2.30. The number of aromatic nitrogens is 3. The van der Waals surface area contributed by atoms with Gasteiger partial charge < -0.3 is 14.9 Å². The Bertz CT molecular complexity index is 703. The molecule has 2 N–H and O–H groups in total. The van der Waals surface area contributed by atoms with Gasteiger partial charge in [-0.3, -0.25) is 14.7 Å². The Kier molecular flexibility index (Phi) is 5.40. The van der Waals surface area contributed by atoms with Crippen molar-refractivity contribution in [1.29, 1.82) is 0 Å². The third-order valence-corrected chi connectivity index (χ3v) is 4.24. The van der Waals surface area contributed by atoms with Crippen LogP contribution in [-0.4, -0.2) is 56.3 Å². The van der Waals surface area contributed by atoms with Gasteiger partial charge in [0.2, 0.25) is 5.89 Å². The van der Waals surface area contributed by atoms with E-state index in [1.54, 1.807) is 24.4 Å². The number of likely N-dealkylation sites (tertiary alicyclic amines) is 1. The molecule has 8 heteroatoms. The number of aliphatic hydroxyl groups is 1. The number of carbonyl (C=O) groups excluding carboxylic acids is 1. The number of rotatable bonds is 5. The second-order valence-corrected chi connectivity index (χ2v) is 6.59. The summed E-state index contributed by atoms with van der Waals surface area (Å²) in [5, 5.41) is 17.2. The summed E-state index contributed by atoms with van der Waals surface area (Å²) in [7, 11) is 0. The van der Waals surface area contributed by atoms with Gasteiger partial charge in [-0.1, -0.05) is 25.1 Å². The lowest BCUT2D eigenvalue weighted by molar-refractivity contribution is 0.0312. The van der Waals surface area contributed by atoms with E-state index in [2.05, 4.69) is 20.4 Å². The van der Waals surface area contributed by atoms with E-state index in [0.29, 0.717) is 36.9 Å². The molecule has 8 nitrogen and oxygen atoms in total. The minimum Gasteiger partial charge on any atom is -0.390 e. The molecule has 3 rings (SSSR count). The molecule has 2 aromatic rings. The summed E-state index contributed by atoms with van der Waals surface area (Å²) in [6.07, 6.45) is 1.56. The van der Waals surface area contributed by atoms with Crippen LogP contribution in [0, 0.1) is 0 Å². The highest BCUT2D eigenvalue weighted by molar-refractivity contribution is 5.92. The van der Waals surface area contributed by atoms with Crippen molar-refractivity contribution in [1.82, 2.24) is 25.3 Å². The maximum Gasteiger partial charge on any atom is 0.270 e. The lowest BCUT2D eigenvalue weighted by Gasteiger charge is -2.35. The van der Waals surface area contributed by atoms with Gasteiger partial charge in [0.1, 0.15) is 5.69 Å². The highest BCUT2D eigenvalue weighted by Crippen LogP contribution is 2.16. The monoisotopic (exact) mass is 345 g/mol. The van der Waals surface area contributed by atoms with Gasteiger partial charge in [-0.2, -0.15) is 4.98 Å². The van der Waals surface area contributed by atoms with Gasteiger partial charge in [0.05, 0.1) is 18.7 Å². The number of β-amino-alcohol motifs (C(OH)–C–C–N with tert-alkyl or cyclic N) is 1. The van der Waals surface area contributed by atoms with Crippen LogP contribution in [0.2, 0.25) is 0 Å². The number of pyridine rings is 1. The maximum atomic E-state index is 12.2. The number of carbonyl (C=O) groups is 1. The molecule has 134 valence electrons. The number of aliphatic hydroxyl groups excluding tert-OH is 1. The predicted molar refractivity (Wildman–Crippen MR) is 89.8 cm³/mol. The molecule has 2 atom stereocenters. The molecule has 1 fully saturated rings. The maximum absolute atomic E-state index is 12.2. The Morgan fingerprint density at radius 2 is 2.32 bits per heavy atom. The van der Waals surface area contributed by atoms with Crippen molar-refractivity contribution in [3.63, 3.8) is 0 Å². The van der Waals surface area contributed by atoms with Crippen LogP contribution >= 0.6 is 0 Å². The first kappa shape index (κ1) is 17.5. The number of nitrogens with zero attached hydrogens (tertiary/aromatic N) is 4. The lowest BCUT2D eigenvalue weighted by Crippen LogP contribution is -2.53. The van der Waals surface area contributed by atoms with Crippen LogP contribution in [-0.2, 0) is 6.54 Å². The van der Waals surface area contributed by atoms with Crippen LogP contribution in [0.4, 0.5) is 0 Å². The summed E-state index contributed by atoms with van der Waals surface area (Å²) in [5.74, 6) is 1.19. The van der Waals surface area contributed by atoms with Gasteiger partial charge in [0.15, 0.2) is 5.82 Å². The molecule has 0 spiro atoms. The van der Waals surface area contributed by atoms with E-state index < -0.39 is 6.10 Å². The van der Waals surface area contributed by atoms with E-state index in [1.165, 1.54) is 0 Å². The van der Waals surface area contributed by atoms with E-state index in [-0.39, 0.29) is 17.9 Å². The van der Waals surface area contributed by atoms with Crippen LogP contribution in [0.5, 0.6) is 0 Å². The van der Waals surface area contributed by atoms with Gasteiger partial charge in [-0.25, -0.2) is 0 Å². The highest BCUT2D eigenvalue weighted by atomic mass is 16.5. The van der Waals surface area contributed by atoms with Crippen LogP contribution in [0.25, 0.3) is 0 Å². The Labute approximate surface area is 146 Å². The molecule has 25 heavy (non-hydrogen) atoms. The number of piperidine rings is 1. The molecular weight excluding hydrogens is 322 g/mol. The standard InChI is InChI=1S/C17H23N5O3/c1-11(2)16-20-15(25-21-16)10-22-8-6-12(14(23)9-22)19-17(24)13-5-3-4-7-18-13/h3-5,7,11-12,14,23H,6,8-10H2,1-2H3,(H,19,24)/t12-,14-/m0/s1. The van der Waals surface area contributed by atoms with Crippen LogP contribution in [0.15, 0.2) is 28.9 Å². The number of amides is 1. The van der Waals surface area contributed by atoms with E-state index in [9.17, 15) is 9.90 Å². The lowest BCUT2D eigenvalue weighted by atomic mass is 10.0. The molecule has 2 aromatic heterocycles. The smallest absolute Gasteiger partial charge is 0.270 e. The summed E-state index contributed by atoms with van der Waals surface area (Å²) in [5.41, 5.74) is 0.351. The van der Waals surface area contributed by atoms with Crippen LogP contribution in [0.1, 0.15) is 48.4 Å². The zero-order valence-electron chi connectivity index (χ0n) is 14.4. The average molecular weight is 345 g/mol. The first-order valence-corrected chi connectivity index (χ1v) is 8.47. The van der Waals surface area contributed by atoms with Crippen molar-refractivity contribution < 1.29 is 14.4 Å². The van der Waals surface area contributed by atoms with Gasteiger partial charge in [-0.15, -0.1) is 0 Å². The number of nitrogens with one attached hydrogen (secondary N) is 1. The van der Waals surface area contributed by atoms with Crippen molar-refractivity contribution in [3.8, 4) is 0 Å². The number of hydrogen-bond acceptors (Lipinski definition) is 7. The Morgan fingerprint density at radius 1 is 1.48 bits per heavy atom. The normalized spacial score (nSPS) is 21.4. The molecular formula is C17H23N5O3. The molecule has 1 aliphatic rings.